The van der Waals surface area contributed by atoms with E-state index in [1.165, 1.54) is 11.3 Å². The molecule has 1 aromatic rings. The van der Waals surface area contributed by atoms with Crippen molar-refractivity contribution in [2.24, 2.45) is 5.73 Å². The molecule has 0 unspecified atom stereocenters. The van der Waals surface area contributed by atoms with E-state index in [1.807, 2.05) is 40.1 Å². The molecule has 0 bridgehead atoms. The van der Waals surface area contributed by atoms with Crippen molar-refractivity contribution < 1.29 is 0 Å². The third-order valence-corrected chi connectivity index (χ3v) is 2.08. The van der Waals surface area contributed by atoms with E-state index in [9.17, 15) is 0 Å². The van der Waals surface area contributed by atoms with E-state index in [4.69, 9.17) is 5.73 Å². The lowest BCUT2D eigenvalue weighted by Gasteiger charge is -2.26. The fourth-order valence-corrected chi connectivity index (χ4v) is 1.41. The third kappa shape index (κ3) is 2.22. The number of benzene rings is 1. The summed E-state index contributed by atoms with van der Waals surface area (Å²) < 4.78 is 0. The molecule has 2 nitrogen and oxygen atoms in total. The minimum absolute atomic E-state index is 0.277. The first-order valence-electron chi connectivity index (χ1n) is 4.48. The van der Waals surface area contributed by atoms with Crippen molar-refractivity contribution in [1.82, 2.24) is 0 Å². The van der Waals surface area contributed by atoms with Crippen LogP contribution in [-0.2, 0) is 5.54 Å². The minimum Gasteiger partial charge on any atom is -0.377 e. The van der Waals surface area contributed by atoms with Crippen LogP contribution in [-0.4, -0.2) is 14.1 Å². The van der Waals surface area contributed by atoms with Gasteiger partial charge in [0.15, 0.2) is 0 Å². The van der Waals surface area contributed by atoms with E-state index in [2.05, 4.69) is 17.0 Å². The molecule has 0 fully saturated rings. The average molecular weight is 178 g/mol. The van der Waals surface area contributed by atoms with E-state index < -0.39 is 0 Å². The van der Waals surface area contributed by atoms with Crippen LogP contribution in [0.15, 0.2) is 24.3 Å². The maximum absolute atomic E-state index is 6.07. The van der Waals surface area contributed by atoms with E-state index in [-0.39, 0.29) is 5.54 Å². The molecule has 0 amide bonds. The summed E-state index contributed by atoms with van der Waals surface area (Å²) in [5.74, 6) is 0. The van der Waals surface area contributed by atoms with Gasteiger partial charge in [-0.25, -0.2) is 0 Å². The summed E-state index contributed by atoms with van der Waals surface area (Å²) in [6.07, 6.45) is 0. The van der Waals surface area contributed by atoms with Gasteiger partial charge in [0.2, 0.25) is 0 Å². The Morgan fingerprint density at radius 2 is 1.69 bits per heavy atom. The molecule has 0 atom stereocenters. The Morgan fingerprint density at radius 3 is 2.08 bits per heavy atom. The van der Waals surface area contributed by atoms with Gasteiger partial charge in [0, 0.05) is 25.3 Å². The standard InChI is InChI=1S/C11H18N2/c1-11(2,12)9-7-5-6-8-10(9)13(3)4/h5-8H,12H2,1-4H3. The molecule has 0 spiro atoms. The number of anilines is 1. The molecule has 0 radical (unpaired) electrons. The summed E-state index contributed by atoms with van der Waals surface area (Å²) >= 11 is 0. The second-order valence-corrected chi connectivity index (χ2v) is 4.13. The van der Waals surface area contributed by atoms with E-state index in [0.29, 0.717) is 0 Å². The molecule has 1 rings (SSSR count). The second-order valence-electron chi connectivity index (χ2n) is 4.13. The number of nitrogens with two attached hydrogens (primary N) is 1. The second kappa shape index (κ2) is 3.38. The van der Waals surface area contributed by atoms with Crippen molar-refractivity contribution in [1.29, 1.82) is 0 Å². The fourth-order valence-electron chi connectivity index (χ4n) is 1.41. The lowest BCUT2D eigenvalue weighted by molar-refractivity contribution is 0.554. The zero-order chi connectivity index (χ0) is 10.1. The van der Waals surface area contributed by atoms with Gasteiger partial charge in [-0.2, -0.15) is 0 Å². The number of hydrogen-bond donors (Lipinski definition) is 1. The Kier molecular flexibility index (Phi) is 2.62. The van der Waals surface area contributed by atoms with E-state index in [0.717, 1.165) is 0 Å². The Hall–Kier alpha value is -1.02. The molecule has 0 saturated heterocycles. The Morgan fingerprint density at radius 1 is 1.15 bits per heavy atom. The van der Waals surface area contributed by atoms with Crippen LogP contribution >= 0.6 is 0 Å². The van der Waals surface area contributed by atoms with Crippen LogP contribution < -0.4 is 10.6 Å². The molecular formula is C11H18N2. The topological polar surface area (TPSA) is 29.3 Å². The molecule has 2 N–H and O–H groups in total. The zero-order valence-electron chi connectivity index (χ0n) is 8.83. The monoisotopic (exact) mass is 178 g/mol. The van der Waals surface area contributed by atoms with Crippen LogP contribution in [0, 0.1) is 0 Å². The van der Waals surface area contributed by atoms with Crippen molar-refractivity contribution >= 4 is 5.69 Å². The largest absolute Gasteiger partial charge is 0.377 e. The van der Waals surface area contributed by atoms with Crippen molar-refractivity contribution in [2.75, 3.05) is 19.0 Å². The van der Waals surface area contributed by atoms with Gasteiger partial charge in [0.05, 0.1) is 0 Å². The molecule has 0 saturated carbocycles. The molecule has 2 heteroatoms. The summed E-state index contributed by atoms with van der Waals surface area (Å²) in [7, 11) is 4.06. The van der Waals surface area contributed by atoms with E-state index >= 15 is 0 Å². The summed E-state index contributed by atoms with van der Waals surface area (Å²) in [6, 6.07) is 8.22. The van der Waals surface area contributed by atoms with Crippen LogP contribution in [0.4, 0.5) is 5.69 Å². The minimum atomic E-state index is -0.277. The molecule has 0 aliphatic rings. The number of para-hydroxylation sites is 1. The van der Waals surface area contributed by atoms with Gasteiger partial charge in [-0.3, -0.25) is 0 Å². The van der Waals surface area contributed by atoms with Crippen LogP contribution in [0.1, 0.15) is 19.4 Å². The predicted octanol–water partition coefficient (Wildman–Crippen LogP) is 1.95. The smallest absolute Gasteiger partial charge is 0.0412 e. The Bertz CT molecular complexity index is 284. The van der Waals surface area contributed by atoms with Gasteiger partial charge < -0.3 is 10.6 Å². The van der Waals surface area contributed by atoms with Crippen molar-refractivity contribution in [2.45, 2.75) is 19.4 Å². The molecule has 0 aliphatic carbocycles. The van der Waals surface area contributed by atoms with E-state index in [1.54, 1.807) is 0 Å². The van der Waals surface area contributed by atoms with Crippen molar-refractivity contribution in [3.8, 4) is 0 Å². The molecule has 1 aromatic carbocycles. The third-order valence-electron chi connectivity index (χ3n) is 2.08. The normalized spacial score (nSPS) is 11.5. The molecule has 0 heterocycles. The maximum Gasteiger partial charge on any atom is 0.0412 e. The Labute approximate surface area is 80.4 Å². The quantitative estimate of drug-likeness (QED) is 0.750. The fraction of sp³-hybridized carbons (Fsp3) is 0.455. The van der Waals surface area contributed by atoms with Gasteiger partial charge >= 0.3 is 0 Å². The SMILES string of the molecule is CN(C)c1ccccc1C(C)(C)N. The summed E-state index contributed by atoms with van der Waals surface area (Å²) in [6.45, 7) is 4.05. The van der Waals surface area contributed by atoms with Crippen molar-refractivity contribution in [3.63, 3.8) is 0 Å². The first-order valence-corrected chi connectivity index (χ1v) is 4.48. The first-order chi connectivity index (χ1) is 5.93. The maximum atomic E-state index is 6.07. The highest BCUT2D eigenvalue weighted by molar-refractivity contribution is 5.55. The first kappa shape index (κ1) is 10.1. The highest BCUT2D eigenvalue weighted by atomic mass is 15.1. The summed E-state index contributed by atoms with van der Waals surface area (Å²) in [5.41, 5.74) is 8.16. The number of hydrogen-bond acceptors (Lipinski definition) is 2. The van der Waals surface area contributed by atoms with Crippen LogP contribution in [0.25, 0.3) is 0 Å². The van der Waals surface area contributed by atoms with Crippen LogP contribution in [0.3, 0.4) is 0 Å². The molecular weight excluding hydrogens is 160 g/mol. The van der Waals surface area contributed by atoms with Gasteiger partial charge in [0.25, 0.3) is 0 Å². The van der Waals surface area contributed by atoms with Crippen LogP contribution in [0.5, 0.6) is 0 Å². The lowest BCUT2D eigenvalue weighted by Crippen LogP contribution is -2.30. The van der Waals surface area contributed by atoms with Crippen LogP contribution in [0.2, 0.25) is 0 Å². The van der Waals surface area contributed by atoms with Gasteiger partial charge in [-0.15, -0.1) is 0 Å². The Balaban J connectivity index is 3.20. The highest BCUT2D eigenvalue weighted by Crippen LogP contribution is 2.26. The van der Waals surface area contributed by atoms with Gasteiger partial charge in [-0.1, -0.05) is 18.2 Å². The molecule has 72 valence electrons. The predicted molar refractivity (Wildman–Crippen MR) is 58.0 cm³/mol. The molecule has 0 aliphatic heterocycles. The zero-order valence-corrected chi connectivity index (χ0v) is 8.83. The van der Waals surface area contributed by atoms with Gasteiger partial charge in [-0.05, 0) is 25.5 Å². The summed E-state index contributed by atoms with van der Waals surface area (Å²) in [4.78, 5) is 2.09. The molecule has 13 heavy (non-hydrogen) atoms. The molecule has 0 aromatic heterocycles. The number of rotatable bonds is 2. The summed E-state index contributed by atoms with van der Waals surface area (Å²) in [5, 5.41) is 0. The number of nitrogens with zero attached hydrogens (tertiary/aromatic N) is 1. The lowest BCUT2D eigenvalue weighted by atomic mass is 9.93. The highest BCUT2D eigenvalue weighted by Gasteiger charge is 2.18. The average Bonchev–Trinajstić information content (AvgIpc) is 2.03. The van der Waals surface area contributed by atoms with Crippen molar-refractivity contribution in [3.05, 3.63) is 29.8 Å². The van der Waals surface area contributed by atoms with Gasteiger partial charge in [0.1, 0.15) is 0 Å².